The van der Waals surface area contributed by atoms with E-state index in [2.05, 4.69) is 35.6 Å². The predicted octanol–water partition coefficient (Wildman–Crippen LogP) is 1.01. The van der Waals surface area contributed by atoms with Crippen LogP contribution in [0.5, 0.6) is 5.75 Å². The largest absolute Gasteiger partial charge is 0.492 e. The monoisotopic (exact) mass is 287 g/mol. The summed E-state index contributed by atoms with van der Waals surface area (Å²) in [6.07, 6.45) is 0. The summed E-state index contributed by atoms with van der Waals surface area (Å²) in [5.41, 5.74) is 6.33. The molecule has 4 heteroatoms. The zero-order valence-electron chi connectivity index (χ0n) is 13.0. The van der Waals surface area contributed by atoms with Crippen molar-refractivity contribution >= 4 is 0 Å². The van der Waals surface area contributed by atoms with Gasteiger partial charge in [0.05, 0.1) is 6.54 Å². The lowest BCUT2D eigenvalue weighted by atomic mass is 10.2. The molecule has 2 rings (SSSR count). The van der Waals surface area contributed by atoms with Crippen LogP contribution in [0.15, 0.2) is 24.3 Å². The number of likely N-dealkylation sites (N-methyl/N-ethyl adjacent to an activating group) is 1. The molecule has 0 radical (unpaired) electrons. The standard InChI is InChI=1S/C17H25N3O/c1-15-14-19(2)10-11-20(15)12-13-21-17-7-5-16(6-8-17)4-3-9-18/h5-8,15H,9-14,18H2,1-2H3. The van der Waals surface area contributed by atoms with E-state index < -0.39 is 0 Å². The Morgan fingerprint density at radius 3 is 2.71 bits per heavy atom. The van der Waals surface area contributed by atoms with Crippen molar-refractivity contribution in [2.75, 3.05) is 46.4 Å². The Morgan fingerprint density at radius 1 is 1.29 bits per heavy atom. The van der Waals surface area contributed by atoms with E-state index in [4.69, 9.17) is 10.5 Å². The van der Waals surface area contributed by atoms with Crippen molar-refractivity contribution in [2.45, 2.75) is 13.0 Å². The third-order valence-corrected chi connectivity index (χ3v) is 3.80. The van der Waals surface area contributed by atoms with Crippen molar-refractivity contribution in [3.63, 3.8) is 0 Å². The van der Waals surface area contributed by atoms with E-state index in [1.165, 1.54) is 0 Å². The first-order chi connectivity index (χ1) is 10.2. The molecule has 1 aromatic carbocycles. The number of hydrogen-bond acceptors (Lipinski definition) is 4. The van der Waals surface area contributed by atoms with Gasteiger partial charge in [0.1, 0.15) is 12.4 Å². The van der Waals surface area contributed by atoms with E-state index in [9.17, 15) is 0 Å². The molecule has 0 saturated carbocycles. The average molecular weight is 287 g/mol. The van der Waals surface area contributed by atoms with Crippen molar-refractivity contribution in [2.24, 2.45) is 5.73 Å². The summed E-state index contributed by atoms with van der Waals surface area (Å²) in [4.78, 5) is 4.87. The van der Waals surface area contributed by atoms with Crippen molar-refractivity contribution in [3.05, 3.63) is 29.8 Å². The fourth-order valence-corrected chi connectivity index (χ4v) is 2.58. The molecule has 1 saturated heterocycles. The van der Waals surface area contributed by atoms with Crippen molar-refractivity contribution in [3.8, 4) is 17.6 Å². The maximum Gasteiger partial charge on any atom is 0.119 e. The van der Waals surface area contributed by atoms with Gasteiger partial charge in [-0.3, -0.25) is 4.90 Å². The zero-order chi connectivity index (χ0) is 15.1. The van der Waals surface area contributed by atoms with Gasteiger partial charge in [-0.05, 0) is 38.2 Å². The van der Waals surface area contributed by atoms with Gasteiger partial charge in [0.15, 0.2) is 0 Å². The van der Waals surface area contributed by atoms with E-state index in [0.29, 0.717) is 12.6 Å². The van der Waals surface area contributed by atoms with Gasteiger partial charge in [-0.25, -0.2) is 0 Å². The van der Waals surface area contributed by atoms with Gasteiger partial charge in [0, 0.05) is 37.8 Å². The lowest BCUT2D eigenvalue weighted by Gasteiger charge is -2.38. The third kappa shape index (κ3) is 5.05. The van der Waals surface area contributed by atoms with Gasteiger partial charge in [-0.2, -0.15) is 0 Å². The van der Waals surface area contributed by atoms with E-state index in [1.54, 1.807) is 0 Å². The van der Waals surface area contributed by atoms with E-state index in [1.807, 2.05) is 24.3 Å². The van der Waals surface area contributed by atoms with Gasteiger partial charge < -0.3 is 15.4 Å². The summed E-state index contributed by atoms with van der Waals surface area (Å²) in [5.74, 6) is 6.75. The number of rotatable bonds is 4. The molecule has 0 aromatic heterocycles. The summed E-state index contributed by atoms with van der Waals surface area (Å²) >= 11 is 0. The van der Waals surface area contributed by atoms with Crippen LogP contribution in [0.4, 0.5) is 0 Å². The molecule has 2 N–H and O–H groups in total. The molecular weight excluding hydrogens is 262 g/mol. The third-order valence-electron chi connectivity index (χ3n) is 3.80. The molecule has 21 heavy (non-hydrogen) atoms. The summed E-state index contributed by atoms with van der Waals surface area (Å²) in [6, 6.07) is 8.47. The minimum absolute atomic E-state index is 0.390. The Hall–Kier alpha value is -1.54. The van der Waals surface area contributed by atoms with Crippen molar-refractivity contribution < 1.29 is 4.74 Å². The van der Waals surface area contributed by atoms with Crippen LogP contribution >= 0.6 is 0 Å². The molecule has 4 nitrogen and oxygen atoms in total. The summed E-state index contributed by atoms with van der Waals surface area (Å²) in [6.45, 7) is 7.76. The first-order valence-electron chi connectivity index (χ1n) is 7.53. The summed E-state index contributed by atoms with van der Waals surface area (Å²) in [7, 11) is 2.18. The lowest BCUT2D eigenvalue weighted by molar-refractivity contribution is 0.0858. The zero-order valence-corrected chi connectivity index (χ0v) is 13.0. The smallest absolute Gasteiger partial charge is 0.119 e. The molecule has 1 aliphatic rings. The average Bonchev–Trinajstić information content (AvgIpc) is 2.48. The molecule has 1 fully saturated rings. The fourth-order valence-electron chi connectivity index (χ4n) is 2.58. The minimum Gasteiger partial charge on any atom is -0.492 e. The fraction of sp³-hybridized carbons (Fsp3) is 0.529. The van der Waals surface area contributed by atoms with Crippen LogP contribution in [0.3, 0.4) is 0 Å². The molecule has 0 aliphatic carbocycles. The second-order valence-electron chi connectivity index (χ2n) is 5.53. The second kappa shape index (κ2) is 8.04. The van der Waals surface area contributed by atoms with Gasteiger partial charge >= 0.3 is 0 Å². The van der Waals surface area contributed by atoms with Gasteiger partial charge in [-0.15, -0.1) is 0 Å². The van der Waals surface area contributed by atoms with Gasteiger partial charge in [0.25, 0.3) is 0 Å². The van der Waals surface area contributed by atoms with Crippen molar-refractivity contribution in [1.29, 1.82) is 0 Å². The van der Waals surface area contributed by atoms with E-state index in [0.717, 1.165) is 44.1 Å². The lowest BCUT2D eigenvalue weighted by Crippen LogP contribution is -2.51. The molecule has 1 atom stereocenters. The number of benzene rings is 1. The predicted molar refractivity (Wildman–Crippen MR) is 86.4 cm³/mol. The number of nitrogens with two attached hydrogens (primary N) is 1. The molecule has 114 valence electrons. The number of piperazine rings is 1. The highest BCUT2D eigenvalue weighted by Gasteiger charge is 2.20. The van der Waals surface area contributed by atoms with Gasteiger partial charge in [0.2, 0.25) is 0 Å². The first kappa shape index (κ1) is 15.8. The van der Waals surface area contributed by atoms with Gasteiger partial charge in [-0.1, -0.05) is 11.8 Å². The van der Waals surface area contributed by atoms with Crippen LogP contribution in [0.2, 0.25) is 0 Å². The van der Waals surface area contributed by atoms with Crippen LogP contribution in [0, 0.1) is 11.8 Å². The number of hydrogen-bond donors (Lipinski definition) is 1. The molecule has 1 heterocycles. The van der Waals surface area contributed by atoms with Crippen LogP contribution in [-0.4, -0.2) is 62.2 Å². The van der Waals surface area contributed by atoms with E-state index in [-0.39, 0.29) is 0 Å². The molecule has 1 aliphatic heterocycles. The maximum absolute atomic E-state index is 5.82. The summed E-state index contributed by atoms with van der Waals surface area (Å²) in [5, 5.41) is 0. The first-order valence-corrected chi connectivity index (χ1v) is 7.53. The molecular formula is C17H25N3O. The Kier molecular flexibility index (Phi) is 6.06. The van der Waals surface area contributed by atoms with Crippen LogP contribution < -0.4 is 10.5 Å². The summed E-state index contributed by atoms with van der Waals surface area (Å²) < 4.78 is 5.82. The highest BCUT2D eigenvalue weighted by Crippen LogP contribution is 2.12. The Balaban J connectivity index is 1.75. The SMILES string of the molecule is CC1CN(C)CCN1CCOc1ccc(C#CCN)cc1. The minimum atomic E-state index is 0.390. The second-order valence-corrected chi connectivity index (χ2v) is 5.53. The molecule has 1 unspecified atom stereocenters. The van der Waals surface area contributed by atoms with E-state index >= 15 is 0 Å². The number of nitrogens with zero attached hydrogens (tertiary/aromatic N) is 2. The van der Waals surface area contributed by atoms with Crippen LogP contribution in [0.25, 0.3) is 0 Å². The Labute approximate surface area is 127 Å². The molecule has 0 bridgehead atoms. The molecule has 1 aromatic rings. The number of ether oxygens (including phenoxy) is 1. The molecule has 0 spiro atoms. The maximum atomic E-state index is 5.82. The highest BCUT2D eigenvalue weighted by molar-refractivity contribution is 5.38. The van der Waals surface area contributed by atoms with Crippen LogP contribution in [0.1, 0.15) is 12.5 Å². The molecule has 0 amide bonds. The highest BCUT2D eigenvalue weighted by atomic mass is 16.5. The quantitative estimate of drug-likeness (QED) is 0.839. The van der Waals surface area contributed by atoms with Crippen LogP contribution in [-0.2, 0) is 0 Å². The normalized spacial score (nSPS) is 19.9. The van der Waals surface area contributed by atoms with Crippen molar-refractivity contribution in [1.82, 2.24) is 9.80 Å². The Bertz CT molecular complexity index is 489. The Morgan fingerprint density at radius 2 is 2.05 bits per heavy atom. The topological polar surface area (TPSA) is 41.7 Å².